The number of nitrogens with one attached hydrogen (secondary N) is 1. The standard InChI is InChI=1S/C38H46ClIN2O6/c1-2-3-16-40-28-10-13-31-34(25-28)48-35-26-29(42-18-8-19-42)11-14-32(35)36(31)33-24-27(9-12-30(33)38(44)45)37(43)41-17-21-47-23-22-46-20-7-5-4-6-15-39/h9-14,24-26H,2-8,15-23H2,1H3,(H,41,43)(H,44,45). The number of carbonyl (C=O) groups is 2. The van der Waals surface area contributed by atoms with Crippen LogP contribution in [0.2, 0.25) is 0 Å². The van der Waals surface area contributed by atoms with Crippen molar-refractivity contribution < 1.29 is 28.6 Å². The van der Waals surface area contributed by atoms with Crippen molar-refractivity contribution in [1.29, 1.82) is 0 Å². The lowest BCUT2D eigenvalue weighted by atomic mass is 9.89. The molecular formula is C38H46ClIN2O6. The summed E-state index contributed by atoms with van der Waals surface area (Å²) in [5.41, 5.74) is 4.38. The van der Waals surface area contributed by atoms with Gasteiger partial charge in [-0.1, -0.05) is 26.2 Å². The number of benzene rings is 3. The SMILES string of the molecule is CCCCI=c1ccc2c(-c3cc(C(=O)NCCOCCOCCCCCCCl)ccc3C(=O)O)c3ccc(N4CCC4)cc3oc-2c1. The first kappa shape index (κ1) is 36.3. The van der Waals surface area contributed by atoms with Crippen molar-refractivity contribution in [1.82, 2.24) is 5.32 Å². The number of ether oxygens (including phenoxy) is 2. The maximum atomic E-state index is 13.3. The average molecular weight is 789 g/mol. The van der Waals surface area contributed by atoms with Crippen molar-refractivity contribution in [2.75, 3.05) is 61.3 Å². The van der Waals surface area contributed by atoms with E-state index in [2.05, 4.69) is 47.5 Å². The molecule has 0 bridgehead atoms. The fourth-order valence-electron chi connectivity index (χ4n) is 5.70. The Kier molecular flexibility index (Phi) is 14.1. The summed E-state index contributed by atoms with van der Waals surface area (Å²) in [5.74, 6) is 0.0931. The highest BCUT2D eigenvalue weighted by Crippen LogP contribution is 2.43. The minimum absolute atomic E-state index is 0.133. The van der Waals surface area contributed by atoms with Crippen molar-refractivity contribution >= 4 is 60.9 Å². The number of carboxylic acid groups (broad SMARTS) is 1. The molecule has 1 aliphatic carbocycles. The molecule has 3 aliphatic rings. The first-order chi connectivity index (χ1) is 23.5. The number of aromatic carboxylic acids is 1. The summed E-state index contributed by atoms with van der Waals surface area (Å²) in [6.07, 6.45) is 7.83. The van der Waals surface area contributed by atoms with E-state index < -0.39 is 5.97 Å². The summed E-state index contributed by atoms with van der Waals surface area (Å²) in [4.78, 5) is 28.2. The van der Waals surface area contributed by atoms with Gasteiger partial charge in [-0.05, 0) is 84.2 Å². The number of hydrogen-bond acceptors (Lipinski definition) is 6. The van der Waals surface area contributed by atoms with E-state index in [4.69, 9.17) is 25.5 Å². The summed E-state index contributed by atoms with van der Waals surface area (Å²) >= 11 is 5.55. The highest BCUT2D eigenvalue weighted by atomic mass is 127. The largest absolute Gasteiger partial charge is 0.478 e. The molecule has 10 heteroatoms. The van der Waals surface area contributed by atoms with Crippen molar-refractivity contribution in [2.24, 2.45) is 0 Å². The monoisotopic (exact) mass is 788 g/mol. The molecule has 2 heterocycles. The Labute approximate surface area is 297 Å². The summed E-state index contributed by atoms with van der Waals surface area (Å²) < 4.78 is 20.3. The number of rotatable bonds is 19. The van der Waals surface area contributed by atoms with E-state index in [9.17, 15) is 14.7 Å². The second kappa shape index (κ2) is 18.7. The Morgan fingerprint density at radius 3 is 2.48 bits per heavy atom. The molecule has 0 unspecified atom stereocenters. The Morgan fingerprint density at radius 1 is 0.917 bits per heavy atom. The number of amides is 1. The Hall–Kier alpha value is -2.99. The molecule has 1 fully saturated rings. The van der Waals surface area contributed by atoms with Crippen LogP contribution in [0.4, 0.5) is 5.69 Å². The Morgan fingerprint density at radius 2 is 1.73 bits per heavy atom. The van der Waals surface area contributed by atoms with Crippen LogP contribution in [0.5, 0.6) is 0 Å². The van der Waals surface area contributed by atoms with Gasteiger partial charge in [-0.15, -0.1) is 32.3 Å². The third-order valence-corrected chi connectivity index (χ3v) is 11.6. The van der Waals surface area contributed by atoms with E-state index in [0.29, 0.717) is 55.6 Å². The smallest absolute Gasteiger partial charge is 0.336 e. The van der Waals surface area contributed by atoms with Gasteiger partial charge < -0.3 is 29.2 Å². The van der Waals surface area contributed by atoms with Crippen LogP contribution < -0.4 is 10.2 Å². The fourth-order valence-corrected chi connectivity index (χ4v) is 8.59. The maximum Gasteiger partial charge on any atom is 0.336 e. The van der Waals surface area contributed by atoms with Gasteiger partial charge in [0.2, 0.25) is 0 Å². The predicted octanol–water partition coefficient (Wildman–Crippen LogP) is 8.98. The zero-order chi connectivity index (χ0) is 33.7. The third kappa shape index (κ3) is 9.58. The van der Waals surface area contributed by atoms with E-state index in [-0.39, 0.29) is 32.2 Å². The van der Waals surface area contributed by atoms with Gasteiger partial charge in [0.15, 0.2) is 0 Å². The van der Waals surface area contributed by atoms with E-state index in [0.717, 1.165) is 73.2 Å². The number of hydrogen-bond donors (Lipinski definition) is 2. The van der Waals surface area contributed by atoms with Crippen molar-refractivity contribution in [3.8, 4) is 22.5 Å². The molecular weight excluding hydrogens is 743 g/mol. The van der Waals surface area contributed by atoms with E-state index in [1.165, 1.54) is 26.5 Å². The molecule has 8 nitrogen and oxygen atoms in total. The highest BCUT2D eigenvalue weighted by molar-refractivity contribution is 14.2. The topological polar surface area (TPSA) is 101 Å². The van der Waals surface area contributed by atoms with E-state index in [1.807, 2.05) is 6.07 Å². The highest BCUT2D eigenvalue weighted by Gasteiger charge is 2.24. The van der Waals surface area contributed by atoms with Crippen LogP contribution in [0.3, 0.4) is 0 Å². The Balaban J connectivity index is 1.36. The number of halogens is 2. The maximum absolute atomic E-state index is 13.3. The summed E-state index contributed by atoms with van der Waals surface area (Å²) in [5, 5.41) is 14.0. The fraction of sp³-hybridized carbons (Fsp3) is 0.447. The molecule has 5 rings (SSSR count). The number of alkyl halides is 2. The van der Waals surface area contributed by atoms with Crippen LogP contribution in [-0.4, -0.2) is 73.4 Å². The zero-order valence-corrected chi connectivity index (χ0v) is 30.6. The summed E-state index contributed by atoms with van der Waals surface area (Å²) in [7, 11) is 0. The molecule has 258 valence electrons. The predicted molar refractivity (Wildman–Crippen MR) is 202 cm³/mol. The van der Waals surface area contributed by atoms with Gasteiger partial charge in [-0.25, -0.2) is 4.79 Å². The van der Waals surface area contributed by atoms with Gasteiger partial charge in [0.25, 0.3) is 5.91 Å². The molecule has 0 aromatic heterocycles. The number of carbonyl (C=O) groups excluding carboxylic acids is 1. The van der Waals surface area contributed by atoms with Crippen molar-refractivity contribution in [3.63, 3.8) is 0 Å². The first-order valence-corrected chi connectivity index (χ1v) is 20.2. The molecule has 0 saturated carbocycles. The van der Waals surface area contributed by atoms with Gasteiger partial charge in [-0.3, -0.25) is 4.79 Å². The normalized spacial score (nSPS) is 13.5. The minimum Gasteiger partial charge on any atom is -0.478 e. The van der Waals surface area contributed by atoms with Crippen LogP contribution >= 0.6 is 32.3 Å². The molecule has 1 saturated heterocycles. The third-order valence-electron chi connectivity index (χ3n) is 8.48. The molecule has 2 aliphatic heterocycles. The number of nitrogens with zero attached hydrogens (tertiary/aromatic N) is 1. The summed E-state index contributed by atoms with van der Waals surface area (Å²) in [6.45, 7) is 6.57. The molecule has 48 heavy (non-hydrogen) atoms. The molecule has 2 aromatic carbocycles. The number of unbranched alkanes of at least 4 members (excludes halogenated alkanes) is 4. The van der Waals surface area contributed by atoms with Crippen LogP contribution in [-0.2, 0) is 9.47 Å². The number of fused-ring (bicyclic) bond motifs is 2. The van der Waals surface area contributed by atoms with Crippen molar-refractivity contribution in [3.05, 3.63) is 68.9 Å². The lowest BCUT2D eigenvalue weighted by molar-refractivity contribution is 0.0468. The van der Waals surface area contributed by atoms with Crippen LogP contribution in [0.25, 0.3) is 33.4 Å². The first-order valence-electron chi connectivity index (χ1n) is 17.0. The lowest BCUT2D eigenvalue weighted by Gasteiger charge is -2.33. The van der Waals surface area contributed by atoms with E-state index in [1.54, 1.807) is 12.1 Å². The molecule has 2 N–H and O–H groups in total. The lowest BCUT2D eigenvalue weighted by Crippen LogP contribution is -2.36. The molecule has 2 aromatic rings. The Bertz CT molecular complexity index is 1720. The van der Waals surface area contributed by atoms with Crippen molar-refractivity contribution in [2.45, 2.75) is 51.9 Å². The molecule has 1 amide bonds. The van der Waals surface area contributed by atoms with Gasteiger partial charge in [0, 0.05) is 69.1 Å². The second-order valence-corrected chi connectivity index (χ2v) is 15.4. The molecule has 0 radical (unpaired) electrons. The van der Waals surface area contributed by atoms with Crippen LogP contribution in [0.15, 0.2) is 59.0 Å². The zero-order valence-electron chi connectivity index (χ0n) is 27.7. The molecule has 0 spiro atoms. The van der Waals surface area contributed by atoms with Gasteiger partial charge in [-0.2, -0.15) is 0 Å². The van der Waals surface area contributed by atoms with Crippen LogP contribution in [0.1, 0.15) is 72.6 Å². The second-order valence-electron chi connectivity index (χ2n) is 12.0. The molecule has 0 atom stereocenters. The minimum atomic E-state index is -1.05. The van der Waals surface area contributed by atoms with Gasteiger partial charge in [0.05, 0.1) is 25.4 Å². The van der Waals surface area contributed by atoms with E-state index >= 15 is 0 Å². The number of carboxylic acids is 1. The number of anilines is 1. The van der Waals surface area contributed by atoms with Gasteiger partial charge >= 0.3 is 5.97 Å². The summed E-state index contributed by atoms with van der Waals surface area (Å²) in [6, 6.07) is 17.3. The average Bonchev–Trinajstić information content (AvgIpc) is 3.06. The quantitative estimate of drug-likeness (QED) is 0.0424. The van der Waals surface area contributed by atoms with Crippen LogP contribution in [0, 0.1) is 3.15 Å². The van der Waals surface area contributed by atoms with Gasteiger partial charge in [0.1, 0.15) is 11.3 Å².